The maximum absolute atomic E-state index is 14.2. The molecule has 0 spiro atoms. The first-order valence-corrected chi connectivity index (χ1v) is 6.81. The Balaban J connectivity index is 1.86. The van der Waals surface area contributed by atoms with Crippen molar-refractivity contribution in [1.82, 2.24) is 0 Å². The van der Waals surface area contributed by atoms with Crippen LogP contribution in [0.15, 0.2) is 12.1 Å². The van der Waals surface area contributed by atoms with Crippen LogP contribution in [0.5, 0.6) is 11.5 Å². The van der Waals surface area contributed by atoms with Crippen LogP contribution in [-0.4, -0.2) is 14.2 Å². The molecule has 2 N–H and O–H groups in total. The van der Waals surface area contributed by atoms with E-state index in [1.807, 2.05) is 0 Å². The number of rotatable bonds is 4. The first kappa shape index (κ1) is 12.7. The second-order valence-electron chi connectivity index (χ2n) is 5.74. The first-order chi connectivity index (χ1) is 9.13. The highest BCUT2D eigenvalue weighted by atomic mass is 19.1. The molecule has 4 heteroatoms. The van der Waals surface area contributed by atoms with Crippen molar-refractivity contribution in [2.24, 2.45) is 23.5 Å². The second-order valence-corrected chi connectivity index (χ2v) is 5.74. The molecule has 2 aliphatic carbocycles. The summed E-state index contributed by atoms with van der Waals surface area (Å²) in [5.74, 6) is 2.74. The molecular weight excluding hydrogens is 245 g/mol. The molecule has 0 amide bonds. The second kappa shape index (κ2) is 4.67. The average molecular weight is 265 g/mol. The van der Waals surface area contributed by atoms with Crippen molar-refractivity contribution in [2.45, 2.75) is 25.3 Å². The van der Waals surface area contributed by atoms with Gasteiger partial charge in [0.2, 0.25) is 0 Å². The third kappa shape index (κ3) is 2.18. The third-order valence-corrected chi connectivity index (χ3v) is 4.65. The lowest BCUT2D eigenvalue weighted by Crippen LogP contribution is -2.21. The van der Waals surface area contributed by atoms with Crippen LogP contribution in [0.4, 0.5) is 4.39 Å². The fraction of sp³-hybridized carbons (Fsp3) is 0.600. The molecule has 2 aliphatic rings. The van der Waals surface area contributed by atoms with Gasteiger partial charge in [-0.25, -0.2) is 4.39 Å². The number of nitrogens with two attached hydrogens (primary N) is 1. The molecule has 1 aromatic carbocycles. The predicted octanol–water partition coefficient (Wildman–Crippen LogP) is 2.89. The minimum atomic E-state index is -0.300. The Bertz CT molecular complexity index is 481. The van der Waals surface area contributed by atoms with E-state index < -0.39 is 0 Å². The van der Waals surface area contributed by atoms with Crippen LogP contribution < -0.4 is 15.2 Å². The maximum Gasteiger partial charge on any atom is 0.163 e. The van der Waals surface area contributed by atoms with Crippen molar-refractivity contribution in [2.75, 3.05) is 14.2 Å². The largest absolute Gasteiger partial charge is 0.493 e. The molecule has 3 unspecified atom stereocenters. The number of hydrogen-bond acceptors (Lipinski definition) is 3. The van der Waals surface area contributed by atoms with Crippen molar-refractivity contribution >= 4 is 0 Å². The van der Waals surface area contributed by atoms with Crippen LogP contribution in [0.3, 0.4) is 0 Å². The highest BCUT2D eigenvalue weighted by Crippen LogP contribution is 2.57. The fourth-order valence-corrected chi connectivity index (χ4v) is 3.43. The average Bonchev–Trinajstić information content (AvgIpc) is 3.04. The topological polar surface area (TPSA) is 44.5 Å². The van der Waals surface area contributed by atoms with Crippen molar-refractivity contribution in [3.63, 3.8) is 0 Å². The Morgan fingerprint density at radius 1 is 1.11 bits per heavy atom. The summed E-state index contributed by atoms with van der Waals surface area (Å²) in [6.45, 7) is 0. The Hall–Kier alpha value is -1.29. The minimum absolute atomic E-state index is 0.243. The quantitative estimate of drug-likeness (QED) is 0.910. The molecule has 0 aromatic heterocycles. The molecule has 0 saturated heterocycles. The van der Waals surface area contributed by atoms with Gasteiger partial charge in [0, 0.05) is 17.7 Å². The van der Waals surface area contributed by atoms with Gasteiger partial charge in [-0.1, -0.05) is 0 Å². The fourth-order valence-electron chi connectivity index (χ4n) is 3.43. The van der Waals surface area contributed by atoms with Crippen molar-refractivity contribution < 1.29 is 13.9 Å². The van der Waals surface area contributed by atoms with Gasteiger partial charge in [0.05, 0.1) is 14.2 Å². The van der Waals surface area contributed by atoms with E-state index in [9.17, 15) is 4.39 Å². The summed E-state index contributed by atoms with van der Waals surface area (Å²) in [4.78, 5) is 0. The number of methoxy groups -OCH3 is 2. The minimum Gasteiger partial charge on any atom is -0.493 e. The van der Waals surface area contributed by atoms with Crippen LogP contribution in [0.2, 0.25) is 0 Å². The Morgan fingerprint density at radius 2 is 1.68 bits per heavy atom. The van der Waals surface area contributed by atoms with E-state index in [0.717, 1.165) is 24.7 Å². The van der Waals surface area contributed by atoms with Crippen LogP contribution in [0, 0.1) is 23.6 Å². The smallest absolute Gasteiger partial charge is 0.163 e. The van der Waals surface area contributed by atoms with Gasteiger partial charge < -0.3 is 15.2 Å². The molecule has 19 heavy (non-hydrogen) atoms. The van der Waals surface area contributed by atoms with Gasteiger partial charge in [-0.05, 0) is 43.1 Å². The van der Waals surface area contributed by atoms with E-state index >= 15 is 0 Å². The number of benzene rings is 1. The summed E-state index contributed by atoms with van der Waals surface area (Å²) in [6.07, 6.45) is 3.62. The zero-order valence-electron chi connectivity index (χ0n) is 11.4. The van der Waals surface area contributed by atoms with Gasteiger partial charge in [-0.15, -0.1) is 0 Å². The van der Waals surface area contributed by atoms with Crippen LogP contribution in [-0.2, 0) is 0 Å². The summed E-state index contributed by atoms with van der Waals surface area (Å²) >= 11 is 0. The molecule has 104 valence electrons. The van der Waals surface area contributed by atoms with E-state index in [0.29, 0.717) is 23.0 Å². The molecule has 0 aliphatic heterocycles. The first-order valence-electron chi connectivity index (χ1n) is 6.81. The van der Waals surface area contributed by atoms with Gasteiger partial charge >= 0.3 is 0 Å². The monoisotopic (exact) mass is 265 g/mol. The zero-order valence-corrected chi connectivity index (χ0v) is 11.4. The number of hydrogen-bond donors (Lipinski definition) is 1. The SMILES string of the molecule is COc1cc(F)c(C(N)C2CC3CC3C2)cc1OC. The van der Waals surface area contributed by atoms with Crippen LogP contribution in [0.1, 0.15) is 30.9 Å². The van der Waals surface area contributed by atoms with Crippen LogP contribution >= 0.6 is 0 Å². The summed E-state index contributed by atoms with van der Waals surface area (Å²) in [5, 5.41) is 0. The van der Waals surface area contributed by atoms with Crippen molar-refractivity contribution in [3.05, 3.63) is 23.5 Å². The van der Waals surface area contributed by atoms with Crippen molar-refractivity contribution in [1.29, 1.82) is 0 Å². The lowest BCUT2D eigenvalue weighted by Gasteiger charge is -2.22. The molecule has 2 saturated carbocycles. The molecule has 0 heterocycles. The molecular formula is C15H20FNO2. The molecule has 3 atom stereocenters. The summed E-state index contributed by atoms with van der Waals surface area (Å²) in [6, 6.07) is 2.81. The Labute approximate surface area is 112 Å². The Kier molecular flexibility index (Phi) is 3.13. The summed E-state index contributed by atoms with van der Waals surface area (Å²) in [5.41, 5.74) is 6.81. The maximum atomic E-state index is 14.2. The van der Waals surface area contributed by atoms with Gasteiger partial charge in [-0.2, -0.15) is 0 Å². The highest BCUT2D eigenvalue weighted by molar-refractivity contribution is 5.44. The van der Waals surface area contributed by atoms with Crippen molar-refractivity contribution in [3.8, 4) is 11.5 Å². The number of halogens is 1. The summed E-state index contributed by atoms with van der Waals surface area (Å²) < 4.78 is 24.5. The van der Waals surface area contributed by atoms with E-state index in [-0.39, 0.29) is 11.9 Å². The van der Waals surface area contributed by atoms with E-state index in [2.05, 4.69) is 0 Å². The zero-order chi connectivity index (χ0) is 13.6. The lowest BCUT2D eigenvalue weighted by molar-refractivity contribution is 0.346. The lowest BCUT2D eigenvalue weighted by atomic mass is 9.89. The van der Waals surface area contributed by atoms with E-state index in [1.165, 1.54) is 19.6 Å². The highest BCUT2D eigenvalue weighted by Gasteiger charge is 2.47. The van der Waals surface area contributed by atoms with E-state index in [4.69, 9.17) is 15.2 Å². The van der Waals surface area contributed by atoms with Gasteiger partial charge in [0.15, 0.2) is 11.5 Å². The van der Waals surface area contributed by atoms with Gasteiger partial charge in [-0.3, -0.25) is 0 Å². The molecule has 1 aromatic rings. The third-order valence-electron chi connectivity index (χ3n) is 4.65. The Morgan fingerprint density at radius 3 is 2.26 bits per heavy atom. The summed E-state index contributed by atoms with van der Waals surface area (Å²) in [7, 11) is 3.05. The van der Waals surface area contributed by atoms with Gasteiger partial charge in [0.25, 0.3) is 0 Å². The van der Waals surface area contributed by atoms with Gasteiger partial charge in [0.1, 0.15) is 5.82 Å². The predicted molar refractivity (Wildman–Crippen MR) is 70.8 cm³/mol. The molecule has 0 radical (unpaired) electrons. The normalized spacial score (nSPS) is 29.8. The van der Waals surface area contributed by atoms with Crippen LogP contribution in [0.25, 0.3) is 0 Å². The molecule has 2 fully saturated rings. The standard InChI is InChI=1S/C15H20FNO2/c1-18-13-6-11(12(16)7-14(13)19-2)15(17)10-4-8-3-9(8)5-10/h6-10,15H,3-5,17H2,1-2H3. The number of fused-ring (bicyclic) bond motifs is 1. The molecule has 3 nitrogen and oxygen atoms in total. The number of ether oxygens (including phenoxy) is 2. The molecule has 0 bridgehead atoms. The molecule has 3 rings (SSSR count). The van der Waals surface area contributed by atoms with E-state index in [1.54, 1.807) is 13.2 Å².